The number of nitrogens with zero attached hydrogens (tertiary/aromatic N) is 1. The van der Waals surface area contributed by atoms with E-state index in [-0.39, 0.29) is 64.7 Å². The van der Waals surface area contributed by atoms with E-state index in [4.69, 9.17) is 9.47 Å². The molecule has 0 saturated carbocycles. The van der Waals surface area contributed by atoms with Crippen LogP contribution in [0.3, 0.4) is 0 Å². The fourth-order valence-corrected chi connectivity index (χ4v) is 3.76. The van der Waals surface area contributed by atoms with E-state index in [2.05, 4.69) is 10.6 Å². The van der Waals surface area contributed by atoms with E-state index in [0.29, 0.717) is 28.2 Å². The molecule has 12 heteroatoms. The molecule has 1 heterocycles. The molecule has 0 bridgehead atoms. The van der Waals surface area contributed by atoms with E-state index in [9.17, 15) is 24.6 Å². The van der Waals surface area contributed by atoms with Gasteiger partial charge in [0.15, 0.2) is 0 Å². The standard InChI is InChI=1S/C25H27N3O7.2Na/c1-14-13-28(2)24(32)22(23(14)31)27-25(33)26-17(12-20(29)30)15-7-5-8-16(11-15)21-18(34-3)9-6-10-19(21)35-4;;/h5-11,13,17,31H,12H2,1-4H3,(H,29,30)(H2,26,27,33);;/q;2*+1/p-2/t17-;;/m0../s1. The number of amides is 2. The number of urea groups is 1. The molecule has 0 fully saturated rings. The Bertz CT molecular complexity index is 1310. The van der Waals surface area contributed by atoms with Crippen LogP contribution < -0.4 is 95.0 Å². The number of aryl methyl sites for hydroxylation is 2. The average Bonchev–Trinajstić information content (AvgIpc) is 2.84. The van der Waals surface area contributed by atoms with Crippen molar-refractivity contribution in [3.8, 4) is 28.4 Å². The number of hydrogen-bond donors (Lipinski definition) is 2. The molecule has 184 valence electrons. The maximum atomic E-state index is 12.7. The topological polar surface area (TPSA) is 145 Å². The number of ether oxygens (including phenoxy) is 2. The number of benzene rings is 2. The molecule has 0 aliphatic heterocycles. The number of carbonyl (C=O) groups excluding carboxylic acids is 2. The molecule has 0 spiro atoms. The largest absolute Gasteiger partial charge is 1.00 e. The third-order valence-electron chi connectivity index (χ3n) is 5.43. The Morgan fingerprint density at radius 3 is 2.22 bits per heavy atom. The van der Waals surface area contributed by atoms with Crippen molar-refractivity contribution >= 4 is 17.7 Å². The fourth-order valence-electron chi connectivity index (χ4n) is 3.76. The van der Waals surface area contributed by atoms with Crippen molar-refractivity contribution < 1.29 is 88.4 Å². The predicted octanol–water partition coefficient (Wildman–Crippen LogP) is -4.54. The minimum absolute atomic E-state index is 0. The van der Waals surface area contributed by atoms with Crippen LogP contribution in [0.15, 0.2) is 53.5 Å². The molecule has 1 aromatic heterocycles. The number of methoxy groups -OCH3 is 2. The molecule has 37 heavy (non-hydrogen) atoms. The van der Waals surface area contributed by atoms with Crippen LogP contribution in [-0.2, 0) is 11.8 Å². The molecule has 10 nitrogen and oxygen atoms in total. The van der Waals surface area contributed by atoms with E-state index in [1.165, 1.54) is 39.0 Å². The quantitative estimate of drug-likeness (QED) is 0.282. The van der Waals surface area contributed by atoms with Crippen molar-refractivity contribution in [1.29, 1.82) is 0 Å². The number of carboxylic acid groups (broad SMARTS) is 1. The van der Waals surface area contributed by atoms with Gasteiger partial charge in [-0.05, 0) is 41.8 Å². The number of aromatic nitrogens is 1. The summed E-state index contributed by atoms with van der Waals surface area (Å²) in [4.78, 5) is 36.5. The molecule has 1 atom stereocenters. The van der Waals surface area contributed by atoms with E-state index < -0.39 is 41.5 Å². The van der Waals surface area contributed by atoms with Crippen molar-refractivity contribution in [2.75, 3.05) is 19.5 Å². The van der Waals surface area contributed by atoms with Gasteiger partial charge in [0.05, 0.1) is 25.8 Å². The second kappa shape index (κ2) is 14.5. The molecule has 0 saturated heterocycles. The van der Waals surface area contributed by atoms with Crippen LogP contribution in [-0.4, -0.2) is 30.8 Å². The Morgan fingerprint density at radius 2 is 1.65 bits per heavy atom. The molecule has 0 aliphatic carbocycles. The summed E-state index contributed by atoms with van der Waals surface area (Å²) < 4.78 is 12.1. The number of pyridine rings is 1. The third kappa shape index (κ3) is 7.76. The Balaban J connectivity index is 0.00000342. The summed E-state index contributed by atoms with van der Waals surface area (Å²) in [6.07, 6.45) is 0.820. The summed E-state index contributed by atoms with van der Waals surface area (Å²) in [7, 11) is 4.49. The van der Waals surface area contributed by atoms with Gasteiger partial charge in [-0.25, -0.2) is 4.79 Å². The van der Waals surface area contributed by atoms with Crippen LogP contribution in [0.2, 0.25) is 0 Å². The van der Waals surface area contributed by atoms with Crippen molar-refractivity contribution in [3.05, 3.63) is 70.1 Å². The summed E-state index contributed by atoms with van der Waals surface area (Å²) in [6, 6.07) is 10.2. The van der Waals surface area contributed by atoms with Crippen molar-refractivity contribution in [2.24, 2.45) is 7.05 Å². The van der Waals surface area contributed by atoms with Crippen LogP contribution >= 0.6 is 0 Å². The van der Waals surface area contributed by atoms with Crippen molar-refractivity contribution in [2.45, 2.75) is 19.4 Å². The summed E-state index contributed by atoms with van der Waals surface area (Å²) in [5.41, 5.74) is 0.927. The van der Waals surface area contributed by atoms with Gasteiger partial charge in [0.2, 0.25) is 0 Å². The minimum Gasteiger partial charge on any atom is -0.871 e. The van der Waals surface area contributed by atoms with Gasteiger partial charge < -0.3 is 39.7 Å². The van der Waals surface area contributed by atoms with Crippen LogP contribution in [0.25, 0.3) is 11.1 Å². The maximum absolute atomic E-state index is 12.7. The first-order chi connectivity index (χ1) is 16.7. The zero-order chi connectivity index (χ0) is 25.7. The van der Waals surface area contributed by atoms with E-state index in [1.807, 2.05) is 0 Å². The molecule has 3 aromatic rings. The van der Waals surface area contributed by atoms with Gasteiger partial charge in [-0.2, -0.15) is 0 Å². The maximum Gasteiger partial charge on any atom is 1.00 e. The number of nitrogens with one attached hydrogen (secondary N) is 2. The average molecular weight is 525 g/mol. The fraction of sp³-hybridized carbons (Fsp3) is 0.240. The number of rotatable bonds is 8. The number of carbonyl (C=O) groups is 2. The molecule has 2 aromatic carbocycles. The molecule has 0 radical (unpaired) electrons. The van der Waals surface area contributed by atoms with Gasteiger partial charge in [0.1, 0.15) is 17.2 Å². The molecule has 0 unspecified atom stereocenters. The first-order valence-corrected chi connectivity index (χ1v) is 10.6. The van der Waals surface area contributed by atoms with Gasteiger partial charge in [-0.3, -0.25) is 4.79 Å². The van der Waals surface area contributed by atoms with E-state index >= 15 is 0 Å². The summed E-state index contributed by atoms with van der Waals surface area (Å²) in [6.45, 7) is 1.52. The van der Waals surface area contributed by atoms with Crippen LogP contribution in [0.4, 0.5) is 10.5 Å². The van der Waals surface area contributed by atoms with Crippen LogP contribution in [0.1, 0.15) is 23.6 Å². The van der Waals surface area contributed by atoms with Crippen molar-refractivity contribution in [3.63, 3.8) is 0 Å². The van der Waals surface area contributed by atoms with Crippen LogP contribution in [0, 0.1) is 6.92 Å². The molecular formula is C25H25N3Na2O7. The molecule has 3 rings (SSSR count). The summed E-state index contributed by atoms with van der Waals surface area (Å²) in [5.74, 6) is -0.930. The monoisotopic (exact) mass is 525 g/mol. The van der Waals surface area contributed by atoms with Gasteiger partial charge in [0.25, 0.3) is 5.56 Å². The predicted molar refractivity (Wildman–Crippen MR) is 125 cm³/mol. The van der Waals surface area contributed by atoms with E-state index in [0.717, 1.165) is 0 Å². The van der Waals surface area contributed by atoms with E-state index in [1.54, 1.807) is 42.5 Å². The van der Waals surface area contributed by atoms with Gasteiger partial charge in [-0.1, -0.05) is 30.0 Å². The smallest absolute Gasteiger partial charge is 0.871 e. The number of aliphatic carboxylic acids is 1. The van der Waals surface area contributed by atoms with Gasteiger partial charge in [-0.15, -0.1) is 0 Å². The zero-order valence-corrected chi connectivity index (χ0v) is 25.7. The second-order valence-electron chi connectivity index (χ2n) is 7.82. The minimum atomic E-state index is -1.40. The zero-order valence-electron chi connectivity index (χ0n) is 21.7. The SMILES string of the molecule is COc1cccc(OC)c1-c1cccc([C@H](CC(=O)[O-])NC(=O)Nc2c([O-])c(C)cn(C)c2=O)c1.[Na+].[Na+]. The second-order valence-corrected chi connectivity index (χ2v) is 7.82. The summed E-state index contributed by atoms with van der Waals surface area (Å²) >= 11 is 0. The summed E-state index contributed by atoms with van der Waals surface area (Å²) in [5, 5.41) is 28.6. The Morgan fingerprint density at radius 1 is 1.05 bits per heavy atom. The van der Waals surface area contributed by atoms with Gasteiger partial charge >= 0.3 is 65.1 Å². The normalized spacial score (nSPS) is 10.8. The first kappa shape index (κ1) is 32.6. The van der Waals surface area contributed by atoms with Crippen LogP contribution in [0.5, 0.6) is 17.2 Å². The molecular weight excluding hydrogens is 500 g/mol. The number of carboxylic acids is 1. The molecule has 2 N–H and O–H groups in total. The Kier molecular flexibility index (Phi) is 12.7. The Labute approximate surface area is 258 Å². The number of anilines is 1. The van der Waals surface area contributed by atoms with Crippen molar-refractivity contribution in [1.82, 2.24) is 9.88 Å². The Hall–Kier alpha value is -2.47. The number of hydrogen-bond acceptors (Lipinski definition) is 7. The first-order valence-electron chi connectivity index (χ1n) is 10.6. The van der Waals surface area contributed by atoms with Gasteiger partial charge in [0, 0.05) is 25.6 Å². The molecule has 0 aliphatic rings. The third-order valence-corrected chi connectivity index (χ3v) is 5.43. The molecule has 2 amide bonds.